The van der Waals surface area contributed by atoms with Crippen LogP contribution >= 0.6 is 0 Å². The zero-order valence-electron chi connectivity index (χ0n) is 6.99. The number of furan rings is 1. The summed E-state index contributed by atoms with van der Waals surface area (Å²) in [6.07, 6.45) is 6.72. The summed E-state index contributed by atoms with van der Waals surface area (Å²) in [5.74, 6) is 3.18. The van der Waals surface area contributed by atoms with Gasteiger partial charge in [0.05, 0.1) is 6.26 Å². The molecule has 1 aromatic heterocycles. The Hall–Kier alpha value is -1.88. The maximum Gasteiger partial charge on any atom is 0.148 e. The smallest absolute Gasteiger partial charge is 0.148 e. The molecule has 0 aliphatic carbocycles. The molecule has 0 radical (unpaired) electrons. The number of fused-ring (bicyclic) bond motifs is 1. The molecule has 0 amide bonds. The Balaban J connectivity index is 2.33. The summed E-state index contributed by atoms with van der Waals surface area (Å²) in [5, 5.41) is 1.02. The minimum absolute atomic E-state index is 0.295. The fraction of sp³-hybridized carbons (Fsp3) is 0.0909. The van der Waals surface area contributed by atoms with Crippen LogP contribution in [-0.2, 0) is 0 Å². The van der Waals surface area contributed by atoms with E-state index in [4.69, 9.17) is 15.6 Å². The molecule has 2 aromatic rings. The van der Waals surface area contributed by atoms with Crippen molar-refractivity contribution in [2.24, 2.45) is 0 Å². The molecule has 2 rings (SSSR count). The summed E-state index contributed by atoms with van der Waals surface area (Å²) in [7, 11) is 0. The Bertz CT molecular complexity index is 448. The van der Waals surface area contributed by atoms with E-state index < -0.39 is 0 Å². The number of ether oxygens (including phenoxy) is 1. The summed E-state index contributed by atoms with van der Waals surface area (Å²) in [6, 6.07) is 7.48. The highest BCUT2D eigenvalue weighted by Gasteiger charge is 1.98. The van der Waals surface area contributed by atoms with Crippen LogP contribution in [0.5, 0.6) is 5.75 Å². The second-order valence-electron chi connectivity index (χ2n) is 2.61. The molecule has 0 saturated heterocycles. The normalized spacial score (nSPS) is 9.77. The first kappa shape index (κ1) is 7.75. The van der Waals surface area contributed by atoms with Gasteiger partial charge in [-0.15, -0.1) is 6.42 Å². The highest BCUT2D eigenvalue weighted by atomic mass is 16.5. The fourth-order valence-corrected chi connectivity index (χ4v) is 1.16. The molecular weight excluding hydrogens is 164 g/mol. The molecule has 0 aliphatic rings. The topological polar surface area (TPSA) is 22.4 Å². The van der Waals surface area contributed by atoms with Crippen LogP contribution in [0.15, 0.2) is 34.9 Å². The highest BCUT2D eigenvalue weighted by molar-refractivity contribution is 5.78. The van der Waals surface area contributed by atoms with E-state index in [1.165, 1.54) is 0 Å². The predicted octanol–water partition coefficient (Wildman–Crippen LogP) is 2.44. The molecule has 2 heteroatoms. The Labute approximate surface area is 76.1 Å². The van der Waals surface area contributed by atoms with Crippen LogP contribution in [0.1, 0.15) is 0 Å². The van der Waals surface area contributed by atoms with E-state index in [-0.39, 0.29) is 0 Å². The van der Waals surface area contributed by atoms with Crippen molar-refractivity contribution in [3.8, 4) is 18.1 Å². The second-order valence-corrected chi connectivity index (χ2v) is 2.61. The number of benzene rings is 1. The van der Waals surface area contributed by atoms with Gasteiger partial charge in [-0.2, -0.15) is 0 Å². The third-order valence-corrected chi connectivity index (χ3v) is 1.75. The zero-order chi connectivity index (χ0) is 9.10. The van der Waals surface area contributed by atoms with Crippen LogP contribution < -0.4 is 4.74 Å². The van der Waals surface area contributed by atoms with Gasteiger partial charge in [0.15, 0.2) is 0 Å². The summed E-state index contributed by atoms with van der Waals surface area (Å²) < 4.78 is 10.4. The highest BCUT2D eigenvalue weighted by Crippen LogP contribution is 2.21. The van der Waals surface area contributed by atoms with E-state index in [1.807, 2.05) is 24.3 Å². The van der Waals surface area contributed by atoms with Crippen LogP contribution in [0, 0.1) is 12.3 Å². The molecule has 1 heterocycles. The summed E-state index contributed by atoms with van der Waals surface area (Å²) in [6.45, 7) is 0.295. The van der Waals surface area contributed by atoms with Crippen molar-refractivity contribution >= 4 is 11.0 Å². The molecule has 0 saturated carbocycles. The van der Waals surface area contributed by atoms with Crippen LogP contribution in [0.2, 0.25) is 0 Å². The number of hydrogen-bond acceptors (Lipinski definition) is 2. The fourth-order valence-electron chi connectivity index (χ4n) is 1.16. The Kier molecular flexibility index (Phi) is 1.93. The number of hydrogen-bond donors (Lipinski definition) is 0. The van der Waals surface area contributed by atoms with Gasteiger partial charge >= 0.3 is 0 Å². The number of rotatable bonds is 2. The molecule has 0 atom stereocenters. The minimum Gasteiger partial charge on any atom is -0.481 e. The minimum atomic E-state index is 0.295. The van der Waals surface area contributed by atoms with Gasteiger partial charge < -0.3 is 9.15 Å². The van der Waals surface area contributed by atoms with Crippen LogP contribution in [0.25, 0.3) is 11.0 Å². The monoisotopic (exact) mass is 172 g/mol. The molecule has 0 unspecified atom stereocenters. The Morgan fingerprint density at radius 1 is 1.38 bits per heavy atom. The van der Waals surface area contributed by atoms with E-state index >= 15 is 0 Å². The lowest BCUT2D eigenvalue weighted by atomic mass is 10.2. The van der Waals surface area contributed by atoms with E-state index in [0.29, 0.717) is 6.61 Å². The first-order valence-corrected chi connectivity index (χ1v) is 3.93. The molecule has 0 fully saturated rings. The van der Waals surface area contributed by atoms with E-state index in [2.05, 4.69) is 5.92 Å². The van der Waals surface area contributed by atoms with Gasteiger partial charge in [0.25, 0.3) is 0 Å². The van der Waals surface area contributed by atoms with E-state index in [0.717, 1.165) is 16.7 Å². The molecule has 0 N–H and O–H groups in total. The first-order valence-electron chi connectivity index (χ1n) is 3.93. The lowest BCUT2D eigenvalue weighted by Gasteiger charge is -2.00. The van der Waals surface area contributed by atoms with Gasteiger partial charge in [-0.05, 0) is 24.3 Å². The molecule has 1 aromatic carbocycles. The third kappa shape index (κ3) is 1.50. The lowest BCUT2D eigenvalue weighted by molar-refractivity contribution is 0.371. The molecule has 2 nitrogen and oxygen atoms in total. The van der Waals surface area contributed by atoms with Crippen LogP contribution in [-0.4, -0.2) is 6.61 Å². The van der Waals surface area contributed by atoms with Gasteiger partial charge in [0.1, 0.15) is 17.9 Å². The van der Waals surface area contributed by atoms with Crippen molar-refractivity contribution in [2.75, 3.05) is 6.61 Å². The van der Waals surface area contributed by atoms with E-state index in [9.17, 15) is 0 Å². The van der Waals surface area contributed by atoms with Crippen molar-refractivity contribution in [1.29, 1.82) is 0 Å². The zero-order valence-corrected chi connectivity index (χ0v) is 6.99. The molecule has 13 heavy (non-hydrogen) atoms. The largest absolute Gasteiger partial charge is 0.481 e. The molecule has 0 bridgehead atoms. The van der Waals surface area contributed by atoms with Gasteiger partial charge in [-0.3, -0.25) is 0 Å². The standard InChI is InChI=1S/C11H8O2/c1-2-6-12-10-3-4-11-9(8-10)5-7-13-11/h1,3-5,7-8H,6H2. The van der Waals surface area contributed by atoms with Crippen molar-refractivity contribution in [1.82, 2.24) is 0 Å². The van der Waals surface area contributed by atoms with Gasteiger partial charge in [0, 0.05) is 5.39 Å². The quantitative estimate of drug-likeness (QED) is 0.649. The van der Waals surface area contributed by atoms with Gasteiger partial charge in [-0.1, -0.05) is 5.92 Å². The van der Waals surface area contributed by atoms with Crippen molar-refractivity contribution in [3.63, 3.8) is 0 Å². The maximum atomic E-state index is 5.25. The lowest BCUT2D eigenvalue weighted by Crippen LogP contribution is -1.92. The summed E-state index contributed by atoms with van der Waals surface area (Å²) in [5.41, 5.74) is 0.855. The Morgan fingerprint density at radius 3 is 3.15 bits per heavy atom. The predicted molar refractivity (Wildman–Crippen MR) is 50.5 cm³/mol. The van der Waals surface area contributed by atoms with Crippen molar-refractivity contribution in [2.45, 2.75) is 0 Å². The SMILES string of the molecule is C#CCOc1ccc2occc2c1. The van der Waals surface area contributed by atoms with Crippen molar-refractivity contribution in [3.05, 3.63) is 30.5 Å². The summed E-state index contributed by atoms with van der Waals surface area (Å²) in [4.78, 5) is 0. The molecule has 0 aliphatic heterocycles. The third-order valence-electron chi connectivity index (χ3n) is 1.75. The van der Waals surface area contributed by atoms with Crippen molar-refractivity contribution < 1.29 is 9.15 Å². The average molecular weight is 172 g/mol. The van der Waals surface area contributed by atoms with Crippen LogP contribution in [0.4, 0.5) is 0 Å². The number of terminal acetylenes is 1. The van der Waals surface area contributed by atoms with Gasteiger partial charge in [0.2, 0.25) is 0 Å². The summed E-state index contributed by atoms with van der Waals surface area (Å²) >= 11 is 0. The maximum absolute atomic E-state index is 5.25. The molecule has 64 valence electrons. The van der Waals surface area contributed by atoms with Crippen LogP contribution in [0.3, 0.4) is 0 Å². The Morgan fingerprint density at radius 2 is 2.31 bits per heavy atom. The van der Waals surface area contributed by atoms with Gasteiger partial charge in [-0.25, -0.2) is 0 Å². The molecular formula is C11H8O2. The second kappa shape index (κ2) is 3.24. The first-order chi connectivity index (χ1) is 6.40. The average Bonchev–Trinajstić information content (AvgIpc) is 2.61. The molecule has 0 spiro atoms. The van der Waals surface area contributed by atoms with E-state index in [1.54, 1.807) is 6.26 Å².